The summed E-state index contributed by atoms with van der Waals surface area (Å²) in [6.07, 6.45) is 3.91. The fourth-order valence-electron chi connectivity index (χ4n) is 3.76. The van der Waals surface area contributed by atoms with E-state index in [1.807, 2.05) is 72.4 Å². The number of hydrogen-bond acceptors (Lipinski definition) is 6. The van der Waals surface area contributed by atoms with Crippen LogP contribution in [-0.4, -0.2) is 52.5 Å². The van der Waals surface area contributed by atoms with Crippen molar-refractivity contribution in [2.75, 3.05) is 36.8 Å². The normalized spacial score (nSPS) is 10.6. The molecule has 196 valence electrons. The highest BCUT2D eigenvalue weighted by atomic mass is 35.5. The van der Waals surface area contributed by atoms with E-state index in [-0.39, 0.29) is 11.8 Å². The Bertz CT molecular complexity index is 1370. The molecule has 38 heavy (non-hydrogen) atoms. The van der Waals surface area contributed by atoms with Crippen LogP contribution in [0.4, 0.5) is 11.6 Å². The quantitative estimate of drug-likeness (QED) is 0.215. The van der Waals surface area contributed by atoms with Gasteiger partial charge in [-0.15, -0.1) is 0 Å². The maximum Gasteiger partial charge on any atom is 0.251 e. The van der Waals surface area contributed by atoms with E-state index in [0.717, 1.165) is 16.8 Å². The first kappa shape index (κ1) is 26.7. The smallest absolute Gasteiger partial charge is 0.251 e. The van der Waals surface area contributed by atoms with Gasteiger partial charge in [-0.05, 0) is 67.6 Å². The number of carbonyl (C=O) groups excluding carboxylic acids is 2. The molecule has 0 aliphatic rings. The van der Waals surface area contributed by atoms with Crippen LogP contribution in [-0.2, 0) is 4.79 Å². The summed E-state index contributed by atoms with van der Waals surface area (Å²) in [5, 5.41) is 12.9. The van der Waals surface area contributed by atoms with Crippen LogP contribution in [0.3, 0.4) is 0 Å². The first-order chi connectivity index (χ1) is 18.4. The van der Waals surface area contributed by atoms with Crippen LogP contribution in [0.1, 0.15) is 22.8 Å². The van der Waals surface area contributed by atoms with Gasteiger partial charge in [0.25, 0.3) is 5.91 Å². The van der Waals surface area contributed by atoms with Crippen LogP contribution in [0.5, 0.6) is 0 Å². The molecule has 0 aliphatic carbocycles. The van der Waals surface area contributed by atoms with Crippen molar-refractivity contribution in [1.82, 2.24) is 25.2 Å². The molecule has 0 unspecified atom stereocenters. The lowest BCUT2D eigenvalue weighted by Gasteiger charge is -2.16. The summed E-state index contributed by atoms with van der Waals surface area (Å²) >= 11 is 6.05. The van der Waals surface area contributed by atoms with Gasteiger partial charge in [-0.25, -0.2) is 9.97 Å². The van der Waals surface area contributed by atoms with Gasteiger partial charge in [0.2, 0.25) is 5.91 Å². The maximum atomic E-state index is 12.6. The Balaban J connectivity index is 1.39. The molecular weight excluding hydrogens is 502 g/mol. The molecule has 0 saturated carbocycles. The summed E-state index contributed by atoms with van der Waals surface area (Å²) < 4.78 is 1.98. The van der Waals surface area contributed by atoms with Gasteiger partial charge in [0, 0.05) is 72.9 Å². The molecule has 4 aromatic rings. The molecule has 2 amide bonds. The van der Waals surface area contributed by atoms with Crippen LogP contribution in [0.15, 0.2) is 73.1 Å². The number of aromatic nitrogens is 3. The van der Waals surface area contributed by atoms with Gasteiger partial charge in [-0.3, -0.25) is 9.59 Å². The van der Waals surface area contributed by atoms with Crippen LogP contribution in [0, 0.1) is 6.92 Å². The van der Waals surface area contributed by atoms with Crippen molar-refractivity contribution < 1.29 is 9.59 Å². The van der Waals surface area contributed by atoms with E-state index in [4.69, 9.17) is 16.6 Å². The third-order valence-electron chi connectivity index (χ3n) is 5.77. The summed E-state index contributed by atoms with van der Waals surface area (Å²) in [6.45, 7) is 5.25. The number of nitrogens with zero attached hydrogens (tertiary/aromatic N) is 3. The third-order valence-corrected chi connectivity index (χ3v) is 6.03. The van der Waals surface area contributed by atoms with E-state index in [2.05, 4.69) is 26.3 Å². The summed E-state index contributed by atoms with van der Waals surface area (Å²) in [5.41, 5.74) is 3.23. The number of halogens is 1. The van der Waals surface area contributed by atoms with Crippen molar-refractivity contribution in [3.8, 4) is 17.1 Å². The lowest BCUT2D eigenvalue weighted by Crippen LogP contribution is -2.29. The molecule has 0 aliphatic heterocycles. The van der Waals surface area contributed by atoms with Crippen molar-refractivity contribution >= 4 is 35.1 Å². The standard InChI is InChI=1S/C28H30ClN7O2/c1-19-25(31-14-13-30-20(2)37)34-27(21-5-9-23(29)10-6-21)35-26(19)32-15-16-33-28(38)22-7-11-24(12-8-22)36-17-3-4-18-36/h3-12,17-18H,13-16H2,1-2H3,(H,30,37)(H,33,38)(H2,31,32,34,35). The Kier molecular flexibility index (Phi) is 8.94. The van der Waals surface area contributed by atoms with Gasteiger partial charge < -0.3 is 25.8 Å². The van der Waals surface area contributed by atoms with Gasteiger partial charge in [0.05, 0.1) is 0 Å². The highest BCUT2D eigenvalue weighted by Gasteiger charge is 2.13. The Morgan fingerprint density at radius 3 is 1.97 bits per heavy atom. The Labute approximate surface area is 226 Å². The molecule has 0 bridgehead atoms. The Morgan fingerprint density at radius 1 is 0.816 bits per heavy atom. The number of nitrogens with one attached hydrogen (secondary N) is 4. The second kappa shape index (κ2) is 12.7. The first-order valence-corrected chi connectivity index (χ1v) is 12.7. The van der Waals surface area contributed by atoms with Crippen LogP contribution >= 0.6 is 11.6 Å². The molecule has 0 saturated heterocycles. The van der Waals surface area contributed by atoms with Crippen molar-refractivity contribution in [2.45, 2.75) is 13.8 Å². The predicted molar refractivity (Wildman–Crippen MR) is 151 cm³/mol. The van der Waals surface area contributed by atoms with E-state index in [1.54, 1.807) is 12.1 Å². The Morgan fingerprint density at radius 2 is 1.39 bits per heavy atom. The second-order valence-corrected chi connectivity index (χ2v) is 9.04. The third kappa shape index (κ3) is 7.10. The molecule has 4 N–H and O–H groups in total. The highest BCUT2D eigenvalue weighted by Crippen LogP contribution is 2.26. The minimum Gasteiger partial charge on any atom is -0.368 e. The van der Waals surface area contributed by atoms with E-state index < -0.39 is 0 Å². The van der Waals surface area contributed by atoms with E-state index in [9.17, 15) is 9.59 Å². The fraction of sp³-hybridized carbons (Fsp3) is 0.214. The zero-order chi connectivity index (χ0) is 26.9. The van der Waals surface area contributed by atoms with Crippen molar-refractivity contribution in [1.29, 1.82) is 0 Å². The van der Waals surface area contributed by atoms with Crippen molar-refractivity contribution in [3.05, 3.63) is 89.2 Å². The average Bonchev–Trinajstić information content (AvgIpc) is 3.46. The molecule has 0 atom stereocenters. The zero-order valence-electron chi connectivity index (χ0n) is 21.3. The highest BCUT2D eigenvalue weighted by molar-refractivity contribution is 6.30. The average molecular weight is 532 g/mol. The monoisotopic (exact) mass is 531 g/mol. The number of carbonyl (C=O) groups is 2. The molecule has 10 heteroatoms. The number of anilines is 2. The topological polar surface area (TPSA) is 113 Å². The molecule has 0 spiro atoms. The van der Waals surface area contributed by atoms with Crippen LogP contribution in [0.25, 0.3) is 17.1 Å². The summed E-state index contributed by atoms with van der Waals surface area (Å²) in [7, 11) is 0. The number of hydrogen-bond donors (Lipinski definition) is 4. The lowest BCUT2D eigenvalue weighted by molar-refractivity contribution is -0.118. The maximum absolute atomic E-state index is 12.6. The Hall–Kier alpha value is -4.37. The lowest BCUT2D eigenvalue weighted by atomic mass is 10.2. The van der Waals surface area contributed by atoms with Crippen LogP contribution < -0.4 is 21.3 Å². The minimum absolute atomic E-state index is 0.0886. The number of amides is 2. The summed E-state index contributed by atoms with van der Waals surface area (Å²) in [5.74, 6) is 1.60. The zero-order valence-corrected chi connectivity index (χ0v) is 22.0. The molecule has 0 radical (unpaired) electrons. The fourth-order valence-corrected chi connectivity index (χ4v) is 3.88. The van der Waals surface area contributed by atoms with E-state index in [0.29, 0.717) is 54.2 Å². The second-order valence-electron chi connectivity index (χ2n) is 8.61. The molecule has 0 fully saturated rings. The minimum atomic E-state index is -0.146. The van der Waals surface area contributed by atoms with Gasteiger partial charge in [0.15, 0.2) is 5.82 Å². The molecule has 2 aromatic heterocycles. The van der Waals surface area contributed by atoms with Gasteiger partial charge in [0.1, 0.15) is 11.6 Å². The molecular formula is C28H30ClN7O2. The summed E-state index contributed by atoms with van der Waals surface area (Å²) in [6, 6.07) is 18.7. The molecule has 2 aromatic carbocycles. The largest absolute Gasteiger partial charge is 0.368 e. The SMILES string of the molecule is CC(=O)NCCNc1nc(-c2ccc(Cl)cc2)nc(NCCNC(=O)c2ccc(-n3cccc3)cc2)c1C. The van der Waals surface area contributed by atoms with Gasteiger partial charge >= 0.3 is 0 Å². The molecule has 4 rings (SSSR count). The van der Waals surface area contributed by atoms with E-state index in [1.165, 1.54) is 6.92 Å². The van der Waals surface area contributed by atoms with Gasteiger partial charge in [-0.1, -0.05) is 11.6 Å². The molecule has 2 heterocycles. The molecule has 9 nitrogen and oxygen atoms in total. The predicted octanol–water partition coefficient (Wildman–Crippen LogP) is 4.29. The van der Waals surface area contributed by atoms with E-state index >= 15 is 0 Å². The number of rotatable bonds is 11. The van der Waals surface area contributed by atoms with Crippen molar-refractivity contribution in [3.63, 3.8) is 0 Å². The first-order valence-electron chi connectivity index (χ1n) is 12.3. The van der Waals surface area contributed by atoms with Gasteiger partial charge in [-0.2, -0.15) is 0 Å². The van der Waals surface area contributed by atoms with Crippen LogP contribution in [0.2, 0.25) is 5.02 Å². The number of benzene rings is 2. The summed E-state index contributed by atoms with van der Waals surface area (Å²) in [4.78, 5) is 33.2. The van der Waals surface area contributed by atoms with Crippen molar-refractivity contribution in [2.24, 2.45) is 0 Å².